The van der Waals surface area contributed by atoms with E-state index in [1.54, 1.807) is 22.3 Å². The highest BCUT2D eigenvalue weighted by Gasteiger charge is 2.43. The van der Waals surface area contributed by atoms with E-state index in [1.165, 1.54) is 0 Å². The van der Waals surface area contributed by atoms with E-state index in [4.69, 9.17) is 4.52 Å². The van der Waals surface area contributed by atoms with Gasteiger partial charge in [-0.15, -0.1) is 11.3 Å². The number of carbonyl (C=O) groups is 2. The Hall–Kier alpha value is -2.84. The molecule has 186 valence electrons. The number of hydrogen-bond acceptors (Lipinski definition) is 7. The number of Topliss-reactive ketones (excluding diaryl/α,β-unsaturated/α-hetero) is 1. The van der Waals surface area contributed by atoms with Gasteiger partial charge in [0.15, 0.2) is 5.78 Å². The van der Waals surface area contributed by atoms with Crippen LogP contribution in [-0.2, 0) is 9.59 Å². The van der Waals surface area contributed by atoms with Crippen LogP contribution in [0, 0.1) is 19.8 Å². The van der Waals surface area contributed by atoms with Crippen molar-refractivity contribution in [3.8, 4) is 10.4 Å². The monoisotopic (exact) mass is 495 g/mol. The van der Waals surface area contributed by atoms with Gasteiger partial charge in [0, 0.05) is 25.5 Å². The van der Waals surface area contributed by atoms with Gasteiger partial charge in [-0.3, -0.25) is 9.59 Å². The van der Waals surface area contributed by atoms with E-state index in [0.29, 0.717) is 17.9 Å². The Morgan fingerprint density at radius 2 is 1.91 bits per heavy atom. The molecule has 0 saturated carbocycles. The van der Waals surface area contributed by atoms with E-state index in [-0.39, 0.29) is 36.5 Å². The lowest BCUT2D eigenvalue weighted by Crippen LogP contribution is -2.44. The number of hydrogen-bond donors (Lipinski definition) is 1. The molecule has 4 atom stereocenters. The molecule has 2 unspecified atom stereocenters. The van der Waals surface area contributed by atoms with Gasteiger partial charge in [-0.05, 0) is 36.8 Å². The summed E-state index contributed by atoms with van der Waals surface area (Å²) in [5.74, 6) is -0.310. The Morgan fingerprint density at radius 3 is 2.49 bits per heavy atom. The zero-order chi connectivity index (χ0) is 25.3. The number of aliphatic hydroxyl groups excluding tert-OH is 1. The minimum Gasteiger partial charge on any atom is -0.391 e. The summed E-state index contributed by atoms with van der Waals surface area (Å²) in [5, 5.41) is 14.3. The summed E-state index contributed by atoms with van der Waals surface area (Å²) in [6.45, 7) is 9.89. The fourth-order valence-electron chi connectivity index (χ4n) is 4.90. The summed E-state index contributed by atoms with van der Waals surface area (Å²) in [5.41, 5.74) is 5.74. The molecule has 0 bridgehead atoms. The maximum absolute atomic E-state index is 13.6. The number of likely N-dealkylation sites (tertiary alicyclic amines) is 1. The van der Waals surface area contributed by atoms with Crippen LogP contribution < -0.4 is 0 Å². The number of amides is 1. The van der Waals surface area contributed by atoms with Crippen molar-refractivity contribution < 1.29 is 19.2 Å². The van der Waals surface area contributed by atoms with Crippen LogP contribution in [0.4, 0.5) is 0 Å². The van der Waals surface area contributed by atoms with Crippen molar-refractivity contribution >= 4 is 23.0 Å². The first-order valence-electron chi connectivity index (χ1n) is 12.1. The fourth-order valence-corrected chi connectivity index (χ4v) is 5.72. The van der Waals surface area contributed by atoms with Crippen molar-refractivity contribution in [1.29, 1.82) is 0 Å². The van der Waals surface area contributed by atoms with Crippen LogP contribution in [0.5, 0.6) is 0 Å². The van der Waals surface area contributed by atoms with Crippen molar-refractivity contribution in [2.75, 3.05) is 6.54 Å². The number of carbonyl (C=O) groups excluding carboxylic acids is 2. The molecule has 1 aliphatic rings. The van der Waals surface area contributed by atoms with Gasteiger partial charge in [0.05, 0.1) is 33.9 Å². The average molecular weight is 496 g/mol. The molecule has 0 radical (unpaired) electrons. The maximum atomic E-state index is 13.6. The molecule has 8 heteroatoms. The third-order valence-electron chi connectivity index (χ3n) is 6.81. The first-order chi connectivity index (χ1) is 16.7. The third-order valence-corrected chi connectivity index (χ3v) is 7.79. The van der Waals surface area contributed by atoms with Crippen LogP contribution in [0.3, 0.4) is 0 Å². The lowest BCUT2D eigenvalue weighted by Gasteiger charge is -2.29. The lowest BCUT2D eigenvalue weighted by molar-refractivity contribution is -0.140. The molecule has 1 aliphatic heterocycles. The van der Waals surface area contributed by atoms with E-state index in [0.717, 1.165) is 21.7 Å². The van der Waals surface area contributed by atoms with Crippen molar-refractivity contribution in [2.45, 2.75) is 71.4 Å². The van der Waals surface area contributed by atoms with Gasteiger partial charge in [-0.2, -0.15) is 0 Å². The Morgan fingerprint density at radius 1 is 1.20 bits per heavy atom. The van der Waals surface area contributed by atoms with Gasteiger partial charge < -0.3 is 14.5 Å². The number of ketones is 1. The second-order valence-electron chi connectivity index (χ2n) is 9.95. The highest BCUT2D eigenvalue weighted by Crippen LogP contribution is 2.33. The highest BCUT2D eigenvalue weighted by molar-refractivity contribution is 7.13. The fraction of sp³-hybridized carbons (Fsp3) is 0.481. The number of aliphatic hydroxyl groups is 1. The van der Waals surface area contributed by atoms with Gasteiger partial charge in [0.25, 0.3) is 0 Å². The molecule has 4 rings (SSSR count). The van der Waals surface area contributed by atoms with E-state index in [1.807, 2.05) is 40.1 Å². The van der Waals surface area contributed by atoms with Crippen molar-refractivity contribution in [3.63, 3.8) is 0 Å². The number of thiazole rings is 1. The van der Waals surface area contributed by atoms with Crippen LogP contribution in [0.2, 0.25) is 0 Å². The molecule has 7 nitrogen and oxygen atoms in total. The Labute approximate surface area is 210 Å². The third kappa shape index (κ3) is 5.38. The molecule has 1 amide bonds. The number of nitrogens with zero attached hydrogens (tertiary/aromatic N) is 3. The van der Waals surface area contributed by atoms with Gasteiger partial charge in [-0.25, -0.2) is 4.98 Å². The normalized spacial score (nSPS) is 19.8. The van der Waals surface area contributed by atoms with E-state index < -0.39 is 18.1 Å². The summed E-state index contributed by atoms with van der Waals surface area (Å²) >= 11 is 1.61. The molecule has 1 fully saturated rings. The zero-order valence-electron chi connectivity index (χ0n) is 20.9. The molecular formula is C27H33N3O4S. The van der Waals surface area contributed by atoms with Crippen LogP contribution in [-0.4, -0.2) is 50.5 Å². The predicted molar refractivity (Wildman–Crippen MR) is 135 cm³/mol. The number of aryl methyl sites for hydroxylation is 2. The molecule has 2 aromatic heterocycles. The first kappa shape index (κ1) is 25.3. The molecule has 35 heavy (non-hydrogen) atoms. The average Bonchev–Trinajstić information content (AvgIpc) is 3.53. The number of benzene rings is 1. The van der Waals surface area contributed by atoms with E-state index in [9.17, 15) is 14.7 Å². The quantitative estimate of drug-likeness (QED) is 0.478. The molecule has 1 N–H and O–H groups in total. The Bertz CT molecular complexity index is 1180. The van der Waals surface area contributed by atoms with Crippen molar-refractivity contribution in [1.82, 2.24) is 15.0 Å². The van der Waals surface area contributed by atoms with Gasteiger partial charge >= 0.3 is 0 Å². The lowest BCUT2D eigenvalue weighted by atomic mass is 9.89. The topological polar surface area (TPSA) is 96.5 Å². The van der Waals surface area contributed by atoms with Gasteiger partial charge in [0.1, 0.15) is 11.7 Å². The van der Waals surface area contributed by atoms with Crippen molar-refractivity contribution in [3.05, 3.63) is 58.6 Å². The molecule has 3 heterocycles. The van der Waals surface area contributed by atoms with Crippen LogP contribution >= 0.6 is 11.3 Å². The van der Waals surface area contributed by atoms with Crippen LogP contribution in [0.15, 0.2) is 40.4 Å². The number of rotatable bonds is 8. The van der Waals surface area contributed by atoms with Crippen molar-refractivity contribution in [2.24, 2.45) is 5.92 Å². The van der Waals surface area contributed by atoms with E-state index >= 15 is 0 Å². The standard InChI is InChI=1S/C27H33N3O4S/c1-15(2)25(24-11-17(4)29-34-24)27(33)30-13-21(31)12-22(30)23(32)10-16(3)19-6-8-20(9-7-19)26-18(5)28-14-35-26/h6-9,11,14-16,21-22,25,31H,10,12-13H2,1-5H3/t16?,21-,22+,25?/m1/s1. The molecule has 0 aliphatic carbocycles. The van der Waals surface area contributed by atoms with Gasteiger partial charge in [0.2, 0.25) is 5.91 Å². The minimum atomic E-state index is -0.714. The molecule has 3 aromatic rings. The number of β-amino-alcohol motifs (C(OH)–C–C–N with tert-alkyl or cyclic N) is 1. The molecule has 1 saturated heterocycles. The molecular weight excluding hydrogens is 462 g/mol. The first-order valence-corrected chi connectivity index (χ1v) is 13.0. The van der Waals surface area contributed by atoms with E-state index in [2.05, 4.69) is 34.4 Å². The smallest absolute Gasteiger partial charge is 0.234 e. The zero-order valence-corrected chi connectivity index (χ0v) is 21.7. The van der Waals surface area contributed by atoms with Crippen LogP contribution in [0.1, 0.15) is 68.2 Å². The molecule has 0 spiro atoms. The highest BCUT2D eigenvalue weighted by atomic mass is 32.1. The largest absolute Gasteiger partial charge is 0.391 e. The van der Waals surface area contributed by atoms with Gasteiger partial charge in [-0.1, -0.05) is 50.2 Å². The Balaban J connectivity index is 1.47. The van der Waals surface area contributed by atoms with Crippen LogP contribution in [0.25, 0.3) is 10.4 Å². The summed E-state index contributed by atoms with van der Waals surface area (Å²) in [6, 6.07) is 9.38. The maximum Gasteiger partial charge on any atom is 0.234 e. The molecule has 1 aromatic carbocycles. The SMILES string of the molecule is Cc1cc(C(C(=O)N2C[C@H](O)C[C@H]2C(=O)CC(C)c2ccc(-c3scnc3C)cc2)C(C)C)on1. The summed E-state index contributed by atoms with van der Waals surface area (Å²) in [4.78, 5) is 34.0. The summed E-state index contributed by atoms with van der Waals surface area (Å²) in [7, 11) is 0. The Kier molecular flexibility index (Phi) is 7.52. The summed E-state index contributed by atoms with van der Waals surface area (Å²) < 4.78 is 5.41. The minimum absolute atomic E-state index is 0.00776. The number of aromatic nitrogens is 2. The summed E-state index contributed by atoms with van der Waals surface area (Å²) in [6.07, 6.45) is -0.149. The second kappa shape index (κ2) is 10.4. The second-order valence-corrected chi connectivity index (χ2v) is 10.8. The predicted octanol–water partition coefficient (Wildman–Crippen LogP) is 4.88.